The third kappa shape index (κ3) is 2.67. The van der Waals surface area contributed by atoms with Gasteiger partial charge in [0, 0.05) is 44.6 Å². The van der Waals surface area contributed by atoms with Gasteiger partial charge in [-0.2, -0.15) is 0 Å². The Morgan fingerprint density at radius 3 is 2.33 bits per heavy atom. The SMILES string of the molecule is CC1=[N+]2C(=C(/C=C/c3ccc(N(C)C)cc3)c3ccc(C)n3[B-]2(F)F)C=C1. The van der Waals surface area contributed by atoms with Gasteiger partial charge in [0.25, 0.3) is 0 Å². The highest BCUT2D eigenvalue weighted by atomic mass is 19.2. The lowest BCUT2D eigenvalue weighted by Crippen LogP contribution is -2.51. The van der Waals surface area contributed by atoms with Gasteiger partial charge in [0.15, 0.2) is 5.70 Å². The molecule has 1 aromatic heterocycles. The average Bonchev–Trinajstić information content (AvgIpc) is 3.20. The quantitative estimate of drug-likeness (QED) is 0.726. The van der Waals surface area contributed by atoms with Gasteiger partial charge in [0.1, 0.15) is 5.71 Å². The minimum atomic E-state index is -3.88. The Labute approximate surface area is 158 Å². The molecule has 0 atom stereocenters. The number of anilines is 1. The zero-order chi connectivity index (χ0) is 19.3. The first-order chi connectivity index (χ1) is 12.8. The maximum Gasteiger partial charge on any atom is 0.737 e. The molecule has 0 spiro atoms. The molecule has 6 heteroatoms. The molecular weight excluding hydrogens is 343 g/mol. The van der Waals surface area contributed by atoms with E-state index in [1.165, 1.54) is 8.96 Å². The van der Waals surface area contributed by atoms with Crippen molar-refractivity contribution in [2.45, 2.75) is 13.8 Å². The van der Waals surface area contributed by atoms with Crippen molar-refractivity contribution in [3.63, 3.8) is 0 Å². The standard InChI is InChI=1S/C21H22BF2N3/c1-15-5-13-20-19(12-9-17-7-10-18(11-8-17)25(3)4)21-14-6-16(2)27(21)22(23,24)26(15)20/h5-14H,1-4H3/b12-9+. The van der Waals surface area contributed by atoms with E-state index in [4.69, 9.17) is 0 Å². The maximum absolute atomic E-state index is 15.2. The van der Waals surface area contributed by atoms with E-state index in [1.54, 1.807) is 38.1 Å². The molecule has 1 aromatic carbocycles. The Kier molecular flexibility index (Phi) is 3.95. The smallest absolute Gasteiger partial charge is 0.393 e. The molecule has 0 radical (unpaired) electrons. The van der Waals surface area contributed by atoms with Crippen LogP contribution in [-0.4, -0.2) is 35.7 Å². The number of aryl methyl sites for hydroxylation is 1. The van der Waals surface area contributed by atoms with Crippen molar-refractivity contribution >= 4 is 30.0 Å². The van der Waals surface area contributed by atoms with Crippen LogP contribution in [-0.2, 0) is 0 Å². The third-order valence-corrected chi connectivity index (χ3v) is 5.27. The fourth-order valence-corrected chi connectivity index (χ4v) is 3.84. The zero-order valence-electron chi connectivity index (χ0n) is 15.9. The molecule has 0 aliphatic carbocycles. The minimum absolute atomic E-state index is 0.560. The van der Waals surface area contributed by atoms with Gasteiger partial charge in [0.2, 0.25) is 0 Å². The number of hydrogen-bond acceptors (Lipinski definition) is 1. The second-order valence-electron chi connectivity index (χ2n) is 7.28. The number of allylic oxidation sites excluding steroid dienone is 4. The first kappa shape index (κ1) is 17.5. The second kappa shape index (κ2) is 6.08. The molecule has 0 unspecified atom stereocenters. The molecule has 0 bridgehead atoms. The van der Waals surface area contributed by atoms with E-state index in [2.05, 4.69) is 0 Å². The molecule has 2 aliphatic rings. The van der Waals surface area contributed by atoms with Gasteiger partial charge in [-0.05, 0) is 48.5 Å². The average molecular weight is 365 g/mol. The van der Waals surface area contributed by atoms with E-state index >= 15 is 8.63 Å². The minimum Gasteiger partial charge on any atom is -0.393 e. The van der Waals surface area contributed by atoms with Crippen molar-refractivity contribution in [2.75, 3.05) is 19.0 Å². The van der Waals surface area contributed by atoms with E-state index in [9.17, 15) is 0 Å². The summed E-state index contributed by atoms with van der Waals surface area (Å²) in [6, 6.07) is 11.7. The third-order valence-electron chi connectivity index (χ3n) is 5.27. The van der Waals surface area contributed by atoms with Crippen LogP contribution >= 0.6 is 0 Å². The van der Waals surface area contributed by atoms with Crippen LogP contribution in [0.1, 0.15) is 23.9 Å². The Balaban J connectivity index is 1.82. The summed E-state index contributed by atoms with van der Waals surface area (Å²) in [5.74, 6) is 0. The fraction of sp³-hybridized carbons (Fsp3) is 0.190. The summed E-state index contributed by atoms with van der Waals surface area (Å²) in [6.07, 6.45) is 7.45. The molecule has 27 heavy (non-hydrogen) atoms. The molecule has 2 aromatic rings. The van der Waals surface area contributed by atoms with Gasteiger partial charge in [0.05, 0.1) is 5.57 Å². The predicted octanol–water partition coefficient (Wildman–Crippen LogP) is 4.57. The Bertz CT molecular complexity index is 1040. The molecule has 4 rings (SSSR count). The van der Waals surface area contributed by atoms with Gasteiger partial charge < -0.3 is 22.5 Å². The van der Waals surface area contributed by atoms with E-state index in [-0.39, 0.29) is 0 Å². The first-order valence-corrected chi connectivity index (χ1v) is 9.02. The molecule has 3 heterocycles. The molecule has 2 aliphatic heterocycles. The van der Waals surface area contributed by atoms with E-state index in [0.717, 1.165) is 16.8 Å². The highest BCUT2D eigenvalue weighted by Gasteiger charge is 2.52. The van der Waals surface area contributed by atoms with Crippen LogP contribution < -0.4 is 4.90 Å². The summed E-state index contributed by atoms with van der Waals surface area (Å²) in [7, 11) is 4.00. The molecular formula is C21H22BF2N3. The number of rotatable bonds is 3. The van der Waals surface area contributed by atoms with Crippen molar-refractivity contribution in [3.05, 3.63) is 77.3 Å². The maximum atomic E-state index is 15.2. The van der Waals surface area contributed by atoms with Crippen molar-refractivity contribution < 1.29 is 13.1 Å². The van der Waals surface area contributed by atoms with Crippen LogP contribution in [0, 0.1) is 6.92 Å². The van der Waals surface area contributed by atoms with Crippen molar-refractivity contribution in [2.24, 2.45) is 0 Å². The van der Waals surface area contributed by atoms with Crippen molar-refractivity contribution in [1.82, 2.24) is 4.48 Å². The van der Waals surface area contributed by atoms with Crippen LogP contribution in [0.2, 0.25) is 0 Å². The van der Waals surface area contributed by atoms with Gasteiger partial charge in [-0.15, -0.1) is 0 Å². The number of fused-ring (bicyclic) bond motifs is 2. The molecule has 0 amide bonds. The summed E-state index contributed by atoms with van der Waals surface area (Å²) in [6.45, 7) is -0.426. The molecule has 0 saturated carbocycles. The Hall–Kier alpha value is -2.89. The molecule has 138 valence electrons. The number of benzene rings is 1. The van der Waals surface area contributed by atoms with Gasteiger partial charge in [-0.3, -0.25) is 0 Å². The lowest BCUT2D eigenvalue weighted by Gasteiger charge is -2.32. The molecule has 0 fully saturated rings. The highest BCUT2D eigenvalue weighted by Crippen LogP contribution is 2.38. The molecule has 0 N–H and O–H groups in total. The van der Waals surface area contributed by atoms with E-state index < -0.39 is 6.97 Å². The fourth-order valence-electron chi connectivity index (χ4n) is 3.84. The first-order valence-electron chi connectivity index (χ1n) is 9.02. The van der Waals surface area contributed by atoms with Crippen LogP contribution in [0.3, 0.4) is 0 Å². The molecule has 0 saturated heterocycles. The second-order valence-corrected chi connectivity index (χ2v) is 7.28. The Morgan fingerprint density at radius 2 is 1.67 bits per heavy atom. The number of aromatic nitrogens is 1. The summed E-state index contributed by atoms with van der Waals surface area (Å²) in [4.78, 5) is 2.04. The summed E-state index contributed by atoms with van der Waals surface area (Å²) in [5.41, 5.74) is 5.20. The van der Waals surface area contributed by atoms with Crippen LogP contribution in [0.15, 0.2) is 60.3 Å². The number of halogens is 2. The van der Waals surface area contributed by atoms with Gasteiger partial charge in [-0.25, -0.2) is 0 Å². The summed E-state index contributed by atoms with van der Waals surface area (Å²) >= 11 is 0. The van der Waals surface area contributed by atoms with Crippen molar-refractivity contribution in [3.8, 4) is 0 Å². The van der Waals surface area contributed by atoms with Crippen LogP contribution in [0.25, 0.3) is 11.6 Å². The van der Waals surface area contributed by atoms with E-state index in [0.29, 0.717) is 22.8 Å². The summed E-state index contributed by atoms with van der Waals surface area (Å²) < 4.78 is 32.7. The highest BCUT2D eigenvalue weighted by molar-refractivity contribution is 6.58. The number of hydrogen-bond donors (Lipinski definition) is 0. The lowest BCUT2D eigenvalue weighted by atomic mass is 9.87. The van der Waals surface area contributed by atoms with E-state index in [1.807, 2.05) is 55.4 Å². The largest absolute Gasteiger partial charge is 0.737 e. The van der Waals surface area contributed by atoms with Crippen molar-refractivity contribution in [1.29, 1.82) is 0 Å². The zero-order valence-corrected chi connectivity index (χ0v) is 15.9. The van der Waals surface area contributed by atoms with Crippen LogP contribution in [0.4, 0.5) is 14.3 Å². The number of nitrogens with zero attached hydrogens (tertiary/aromatic N) is 3. The lowest BCUT2D eigenvalue weighted by molar-refractivity contribution is -0.362. The monoisotopic (exact) mass is 365 g/mol. The van der Waals surface area contributed by atoms with Crippen LogP contribution in [0.5, 0.6) is 0 Å². The Morgan fingerprint density at radius 1 is 0.963 bits per heavy atom. The molecule has 3 nitrogen and oxygen atoms in total. The predicted molar refractivity (Wildman–Crippen MR) is 109 cm³/mol. The van der Waals surface area contributed by atoms with Gasteiger partial charge in [-0.1, -0.05) is 18.2 Å². The topological polar surface area (TPSA) is 11.2 Å². The van der Waals surface area contributed by atoms with Gasteiger partial charge >= 0.3 is 6.97 Å². The summed E-state index contributed by atoms with van der Waals surface area (Å²) in [5, 5.41) is 0. The normalized spacial score (nSPS) is 17.7.